The Morgan fingerprint density at radius 1 is 1.33 bits per heavy atom. The second-order valence-electron chi connectivity index (χ2n) is 4.73. The molecular formula is C11H25N3O. The van der Waals surface area contributed by atoms with Crippen molar-refractivity contribution in [2.45, 2.75) is 38.6 Å². The van der Waals surface area contributed by atoms with Gasteiger partial charge in [-0.2, -0.15) is 0 Å². The van der Waals surface area contributed by atoms with Crippen LogP contribution in [-0.2, 0) is 4.79 Å². The van der Waals surface area contributed by atoms with Crippen molar-refractivity contribution in [2.75, 3.05) is 27.2 Å². The minimum atomic E-state index is 0.00350. The monoisotopic (exact) mass is 215 g/mol. The van der Waals surface area contributed by atoms with E-state index in [1.807, 2.05) is 14.1 Å². The van der Waals surface area contributed by atoms with E-state index < -0.39 is 0 Å². The molecule has 0 saturated heterocycles. The molecule has 0 aromatic rings. The maximum atomic E-state index is 11.4. The van der Waals surface area contributed by atoms with Crippen LogP contribution in [0.4, 0.5) is 0 Å². The number of nitrogens with one attached hydrogen (secondary N) is 1. The first kappa shape index (κ1) is 14.4. The Morgan fingerprint density at radius 3 is 2.40 bits per heavy atom. The average molecular weight is 215 g/mol. The third-order valence-electron chi connectivity index (χ3n) is 2.79. The second kappa shape index (κ2) is 6.80. The minimum Gasteiger partial charge on any atom is -0.354 e. The summed E-state index contributed by atoms with van der Waals surface area (Å²) in [6.45, 7) is 5.55. The number of hydrogen-bond donors (Lipinski definition) is 2. The van der Waals surface area contributed by atoms with Crippen LogP contribution < -0.4 is 11.1 Å². The molecule has 1 amide bonds. The van der Waals surface area contributed by atoms with Gasteiger partial charge in [0, 0.05) is 18.5 Å². The Labute approximate surface area is 93.2 Å². The largest absolute Gasteiger partial charge is 0.354 e. The van der Waals surface area contributed by atoms with E-state index in [2.05, 4.69) is 24.1 Å². The topological polar surface area (TPSA) is 58.4 Å². The molecule has 4 nitrogen and oxygen atoms in total. The quantitative estimate of drug-likeness (QED) is 0.611. The highest BCUT2D eigenvalue weighted by molar-refractivity contribution is 5.75. The van der Waals surface area contributed by atoms with Gasteiger partial charge in [0.2, 0.25) is 5.91 Å². The fourth-order valence-corrected chi connectivity index (χ4v) is 0.991. The Bertz CT molecular complexity index is 190. The van der Waals surface area contributed by atoms with Gasteiger partial charge in [0.1, 0.15) is 0 Å². The van der Waals surface area contributed by atoms with Crippen molar-refractivity contribution in [2.24, 2.45) is 5.73 Å². The summed E-state index contributed by atoms with van der Waals surface area (Å²) in [5.74, 6) is 0.123. The van der Waals surface area contributed by atoms with Gasteiger partial charge in [-0.15, -0.1) is 0 Å². The molecule has 0 spiro atoms. The van der Waals surface area contributed by atoms with Crippen molar-refractivity contribution in [3.8, 4) is 0 Å². The zero-order valence-electron chi connectivity index (χ0n) is 10.5. The van der Waals surface area contributed by atoms with Crippen LogP contribution >= 0.6 is 0 Å². The summed E-state index contributed by atoms with van der Waals surface area (Å²) >= 11 is 0. The van der Waals surface area contributed by atoms with Gasteiger partial charge in [-0.05, 0) is 47.3 Å². The molecular weight excluding hydrogens is 190 g/mol. The standard InChI is InChI=1S/C11H25N3O/c1-11(2,14(3)4)9-13-10(15)7-5-6-8-12/h5-9,12H2,1-4H3,(H,13,15). The molecule has 0 atom stereocenters. The first-order valence-electron chi connectivity index (χ1n) is 5.54. The van der Waals surface area contributed by atoms with Gasteiger partial charge in [-0.25, -0.2) is 0 Å². The van der Waals surface area contributed by atoms with Crippen molar-refractivity contribution < 1.29 is 4.79 Å². The van der Waals surface area contributed by atoms with Crippen LogP contribution in [0.15, 0.2) is 0 Å². The number of carbonyl (C=O) groups is 1. The zero-order valence-corrected chi connectivity index (χ0v) is 10.5. The number of nitrogens with two attached hydrogens (primary N) is 1. The molecule has 90 valence electrons. The highest BCUT2D eigenvalue weighted by atomic mass is 16.1. The van der Waals surface area contributed by atoms with E-state index in [4.69, 9.17) is 5.73 Å². The number of nitrogens with zero attached hydrogens (tertiary/aromatic N) is 1. The molecule has 0 fully saturated rings. The molecule has 0 rings (SSSR count). The Kier molecular flexibility index (Phi) is 6.52. The molecule has 3 N–H and O–H groups in total. The van der Waals surface area contributed by atoms with Crippen molar-refractivity contribution in [3.63, 3.8) is 0 Å². The number of amides is 1. The third kappa shape index (κ3) is 6.47. The van der Waals surface area contributed by atoms with E-state index in [0.29, 0.717) is 19.5 Å². The highest BCUT2D eigenvalue weighted by Gasteiger charge is 2.20. The normalized spacial score (nSPS) is 11.9. The maximum absolute atomic E-state index is 11.4. The minimum absolute atomic E-state index is 0.00350. The SMILES string of the molecule is CN(C)C(C)(C)CNC(=O)CCCCN. The van der Waals surface area contributed by atoms with Crippen molar-refractivity contribution in [3.05, 3.63) is 0 Å². The van der Waals surface area contributed by atoms with Crippen molar-refractivity contribution in [1.29, 1.82) is 0 Å². The Morgan fingerprint density at radius 2 is 1.93 bits per heavy atom. The van der Waals surface area contributed by atoms with Gasteiger partial charge >= 0.3 is 0 Å². The van der Waals surface area contributed by atoms with E-state index in [1.54, 1.807) is 0 Å². The summed E-state index contributed by atoms with van der Waals surface area (Å²) in [6, 6.07) is 0. The lowest BCUT2D eigenvalue weighted by Gasteiger charge is -2.32. The van der Waals surface area contributed by atoms with Crippen molar-refractivity contribution >= 4 is 5.91 Å². The van der Waals surface area contributed by atoms with E-state index in [-0.39, 0.29) is 11.4 Å². The van der Waals surface area contributed by atoms with Crippen molar-refractivity contribution in [1.82, 2.24) is 10.2 Å². The molecule has 0 aromatic carbocycles. The predicted molar refractivity (Wildman–Crippen MR) is 63.7 cm³/mol. The molecule has 4 heteroatoms. The molecule has 0 heterocycles. The van der Waals surface area contributed by atoms with E-state index in [9.17, 15) is 4.79 Å². The van der Waals surface area contributed by atoms with E-state index in [1.165, 1.54) is 0 Å². The lowest BCUT2D eigenvalue weighted by atomic mass is 10.0. The first-order valence-corrected chi connectivity index (χ1v) is 5.54. The fraction of sp³-hybridized carbons (Fsp3) is 0.909. The molecule has 0 bridgehead atoms. The summed E-state index contributed by atoms with van der Waals surface area (Å²) in [7, 11) is 4.03. The van der Waals surface area contributed by atoms with Gasteiger partial charge in [0.25, 0.3) is 0 Å². The number of likely N-dealkylation sites (N-methyl/N-ethyl adjacent to an activating group) is 1. The van der Waals surface area contributed by atoms with Gasteiger partial charge < -0.3 is 16.0 Å². The molecule has 15 heavy (non-hydrogen) atoms. The van der Waals surface area contributed by atoms with Crippen LogP contribution in [0.2, 0.25) is 0 Å². The smallest absolute Gasteiger partial charge is 0.220 e. The van der Waals surface area contributed by atoms with E-state index in [0.717, 1.165) is 12.8 Å². The van der Waals surface area contributed by atoms with E-state index >= 15 is 0 Å². The molecule has 0 aromatic heterocycles. The lowest BCUT2D eigenvalue weighted by molar-refractivity contribution is -0.121. The summed E-state index contributed by atoms with van der Waals surface area (Å²) in [4.78, 5) is 13.5. The number of carbonyl (C=O) groups excluding carboxylic acids is 1. The predicted octanol–water partition coefficient (Wildman–Crippen LogP) is 0.572. The van der Waals surface area contributed by atoms with Crippen LogP contribution in [0.3, 0.4) is 0 Å². The second-order valence-corrected chi connectivity index (χ2v) is 4.73. The van der Waals surface area contributed by atoms with Gasteiger partial charge in [-0.1, -0.05) is 0 Å². The van der Waals surface area contributed by atoms with Gasteiger partial charge in [0.15, 0.2) is 0 Å². The van der Waals surface area contributed by atoms with Crippen LogP contribution in [0.1, 0.15) is 33.1 Å². The Hall–Kier alpha value is -0.610. The highest BCUT2D eigenvalue weighted by Crippen LogP contribution is 2.07. The zero-order chi connectivity index (χ0) is 11.9. The molecule has 0 aliphatic rings. The Balaban J connectivity index is 3.71. The summed E-state index contributed by atoms with van der Waals surface area (Å²) in [6.07, 6.45) is 2.38. The molecule has 0 unspecified atom stereocenters. The summed E-state index contributed by atoms with van der Waals surface area (Å²) in [5, 5.41) is 2.94. The third-order valence-corrected chi connectivity index (χ3v) is 2.79. The number of rotatable bonds is 7. The molecule has 0 saturated carbocycles. The van der Waals surface area contributed by atoms with Crippen LogP contribution in [0.25, 0.3) is 0 Å². The summed E-state index contributed by atoms with van der Waals surface area (Å²) < 4.78 is 0. The summed E-state index contributed by atoms with van der Waals surface area (Å²) in [5.41, 5.74) is 5.36. The number of hydrogen-bond acceptors (Lipinski definition) is 3. The lowest BCUT2D eigenvalue weighted by Crippen LogP contribution is -2.48. The molecule has 0 aliphatic carbocycles. The molecule has 0 radical (unpaired) electrons. The average Bonchev–Trinajstić information content (AvgIpc) is 2.15. The van der Waals surface area contributed by atoms with Crippen LogP contribution in [-0.4, -0.2) is 43.5 Å². The maximum Gasteiger partial charge on any atom is 0.220 e. The fourth-order valence-electron chi connectivity index (χ4n) is 0.991. The first-order chi connectivity index (χ1) is 6.90. The molecule has 0 aliphatic heterocycles. The van der Waals surface area contributed by atoms with Gasteiger partial charge in [-0.3, -0.25) is 4.79 Å². The number of unbranched alkanes of at least 4 members (excludes halogenated alkanes) is 1. The van der Waals surface area contributed by atoms with Gasteiger partial charge in [0.05, 0.1) is 0 Å². The van der Waals surface area contributed by atoms with Crippen LogP contribution in [0, 0.1) is 0 Å². The van der Waals surface area contributed by atoms with Crippen LogP contribution in [0.5, 0.6) is 0 Å².